The Labute approximate surface area is 127 Å². The molecule has 0 aliphatic heterocycles. The molecular weight excluding hydrogens is 264 g/mol. The van der Waals surface area contributed by atoms with Crippen molar-refractivity contribution in [1.29, 1.82) is 0 Å². The SMILES string of the molecule is CCNC1(c2nc3c(s2)CCCC3)CC(C)(C)CC1C. The summed E-state index contributed by atoms with van der Waals surface area (Å²) in [6.07, 6.45) is 7.65. The lowest BCUT2D eigenvalue weighted by Crippen LogP contribution is -2.45. The van der Waals surface area contributed by atoms with Crippen LogP contribution in [0.1, 0.15) is 69.0 Å². The van der Waals surface area contributed by atoms with Gasteiger partial charge in [-0.2, -0.15) is 0 Å². The van der Waals surface area contributed by atoms with Gasteiger partial charge in [-0.05, 0) is 56.4 Å². The van der Waals surface area contributed by atoms with E-state index in [1.54, 1.807) is 4.88 Å². The molecular formula is C17H28N2S. The third-order valence-electron chi connectivity index (χ3n) is 5.18. The van der Waals surface area contributed by atoms with E-state index >= 15 is 0 Å². The van der Waals surface area contributed by atoms with Gasteiger partial charge in [0.2, 0.25) is 0 Å². The van der Waals surface area contributed by atoms with E-state index in [0.29, 0.717) is 11.3 Å². The first-order valence-corrected chi connectivity index (χ1v) is 9.02. The predicted octanol–water partition coefficient (Wildman–Crippen LogP) is 4.28. The van der Waals surface area contributed by atoms with Gasteiger partial charge in [-0.25, -0.2) is 4.98 Å². The molecule has 20 heavy (non-hydrogen) atoms. The standard InChI is InChI=1S/C17H28N2S/c1-5-18-17(11-16(3,4)10-12(17)2)15-19-13-8-6-7-9-14(13)20-15/h12,18H,5-11H2,1-4H3. The average molecular weight is 292 g/mol. The molecule has 0 aromatic carbocycles. The number of fused-ring (bicyclic) bond motifs is 1. The van der Waals surface area contributed by atoms with Crippen LogP contribution >= 0.6 is 11.3 Å². The van der Waals surface area contributed by atoms with Crippen molar-refractivity contribution in [2.45, 2.75) is 71.8 Å². The smallest absolute Gasteiger partial charge is 0.114 e. The Balaban J connectivity index is 2.00. The molecule has 0 amide bonds. The van der Waals surface area contributed by atoms with Crippen LogP contribution in [0, 0.1) is 11.3 Å². The Kier molecular flexibility index (Phi) is 3.70. The highest BCUT2D eigenvalue weighted by Crippen LogP contribution is 2.53. The maximum Gasteiger partial charge on any atom is 0.114 e. The molecule has 2 nitrogen and oxygen atoms in total. The van der Waals surface area contributed by atoms with E-state index in [2.05, 4.69) is 33.0 Å². The number of thiazole rings is 1. The number of aryl methyl sites for hydroxylation is 2. The number of nitrogens with zero attached hydrogens (tertiary/aromatic N) is 1. The lowest BCUT2D eigenvalue weighted by atomic mass is 9.86. The fraction of sp³-hybridized carbons (Fsp3) is 0.824. The zero-order chi connectivity index (χ0) is 14.4. The largest absolute Gasteiger partial charge is 0.305 e. The summed E-state index contributed by atoms with van der Waals surface area (Å²) in [5, 5.41) is 5.22. The molecule has 1 N–H and O–H groups in total. The van der Waals surface area contributed by atoms with Gasteiger partial charge in [-0.3, -0.25) is 0 Å². The van der Waals surface area contributed by atoms with E-state index in [4.69, 9.17) is 4.98 Å². The van der Waals surface area contributed by atoms with Gasteiger partial charge in [0, 0.05) is 4.88 Å². The van der Waals surface area contributed by atoms with Gasteiger partial charge in [-0.15, -0.1) is 11.3 Å². The number of aromatic nitrogens is 1. The first-order valence-electron chi connectivity index (χ1n) is 8.21. The van der Waals surface area contributed by atoms with Crippen LogP contribution in [0.15, 0.2) is 0 Å². The van der Waals surface area contributed by atoms with Crippen molar-refractivity contribution in [2.24, 2.45) is 11.3 Å². The van der Waals surface area contributed by atoms with Crippen molar-refractivity contribution >= 4 is 11.3 Å². The summed E-state index contributed by atoms with van der Waals surface area (Å²) >= 11 is 2.00. The maximum absolute atomic E-state index is 5.10. The van der Waals surface area contributed by atoms with Crippen molar-refractivity contribution in [3.8, 4) is 0 Å². The molecule has 0 bridgehead atoms. The quantitative estimate of drug-likeness (QED) is 0.899. The van der Waals surface area contributed by atoms with Gasteiger partial charge < -0.3 is 5.32 Å². The molecule has 2 atom stereocenters. The molecule has 1 aromatic heterocycles. The van der Waals surface area contributed by atoms with E-state index in [-0.39, 0.29) is 5.54 Å². The van der Waals surface area contributed by atoms with Gasteiger partial charge in [0.15, 0.2) is 0 Å². The molecule has 3 heteroatoms. The Morgan fingerprint density at radius 2 is 2.05 bits per heavy atom. The Morgan fingerprint density at radius 3 is 2.65 bits per heavy atom. The number of hydrogen-bond donors (Lipinski definition) is 1. The highest BCUT2D eigenvalue weighted by atomic mass is 32.1. The zero-order valence-corrected chi connectivity index (χ0v) is 14.2. The summed E-state index contributed by atoms with van der Waals surface area (Å²) in [5.74, 6) is 0.671. The molecule has 1 fully saturated rings. The van der Waals surface area contributed by atoms with E-state index in [9.17, 15) is 0 Å². The molecule has 112 valence electrons. The van der Waals surface area contributed by atoms with Gasteiger partial charge in [0.25, 0.3) is 0 Å². The monoisotopic (exact) mass is 292 g/mol. The number of nitrogens with one attached hydrogen (secondary N) is 1. The summed E-state index contributed by atoms with van der Waals surface area (Å²) in [4.78, 5) is 6.67. The van der Waals surface area contributed by atoms with Crippen molar-refractivity contribution in [1.82, 2.24) is 10.3 Å². The molecule has 2 aliphatic rings. The highest BCUT2D eigenvalue weighted by molar-refractivity contribution is 7.11. The second-order valence-electron chi connectivity index (χ2n) is 7.54. The number of rotatable bonds is 3. The normalized spacial score (nSPS) is 32.3. The average Bonchev–Trinajstić information content (AvgIpc) is 2.89. The summed E-state index contributed by atoms with van der Waals surface area (Å²) < 4.78 is 0. The van der Waals surface area contributed by atoms with Crippen LogP contribution in [0.3, 0.4) is 0 Å². The first kappa shape index (κ1) is 14.5. The minimum Gasteiger partial charge on any atom is -0.305 e. The minimum absolute atomic E-state index is 0.125. The van der Waals surface area contributed by atoms with Crippen molar-refractivity contribution in [2.75, 3.05) is 6.54 Å². The molecule has 3 rings (SSSR count). The molecule has 2 unspecified atom stereocenters. The molecule has 1 aromatic rings. The fourth-order valence-corrected chi connectivity index (χ4v) is 5.89. The van der Waals surface area contributed by atoms with Crippen LogP contribution in [-0.4, -0.2) is 11.5 Å². The Bertz CT molecular complexity index is 468. The van der Waals surface area contributed by atoms with Gasteiger partial charge in [0.05, 0.1) is 11.2 Å². The van der Waals surface area contributed by atoms with E-state index < -0.39 is 0 Å². The topological polar surface area (TPSA) is 24.9 Å². The second-order valence-corrected chi connectivity index (χ2v) is 8.63. The van der Waals surface area contributed by atoms with Crippen molar-refractivity contribution in [3.05, 3.63) is 15.6 Å². The molecule has 2 aliphatic carbocycles. The lowest BCUT2D eigenvalue weighted by Gasteiger charge is -2.33. The minimum atomic E-state index is 0.125. The van der Waals surface area contributed by atoms with Crippen molar-refractivity contribution < 1.29 is 0 Å². The van der Waals surface area contributed by atoms with Gasteiger partial charge >= 0.3 is 0 Å². The second kappa shape index (κ2) is 5.10. The van der Waals surface area contributed by atoms with E-state index in [1.165, 1.54) is 49.2 Å². The molecule has 0 radical (unpaired) electrons. The Morgan fingerprint density at radius 1 is 1.30 bits per heavy atom. The first-order chi connectivity index (χ1) is 9.47. The predicted molar refractivity (Wildman–Crippen MR) is 86.3 cm³/mol. The van der Waals surface area contributed by atoms with Crippen molar-refractivity contribution in [3.63, 3.8) is 0 Å². The van der Waals surface area contributed by atoms with E-state index in [1.807, 2.05) is 11.3 Å². The van der Waals surface area contributed by atoms with Crippen LogP contribution in [0.2, 0.25) is 0 Å². The summed E-state index contributed by atoms with van der Waals surface area (Å²) in [6.45, 7) is 10.5. The molecule has 0 saturated heterocycles. The molecule has 1 saturated carbocycles. The van der Waals surface area contributed by atoms with Crippen LogP contribution in [0.5, 0.6) is 0 Å². The van der Waals surface area contributed by atoms with Crippen LogP contribution in [0.25, 0.3) is 0 Å². The van der Waals surface area contributed by atoms with Gasteiger partial charge in [-0.1, -0.05) is 27.7 Å². The summed E-state index contributed by atoms with van der Waals surface area (Å²) in [7, 11) is 0. The summed E-state index contributed by atoms with van der Waals surface area (Å²) in [6, 6.07) is 0. The summed E-state index contributed by atoms with van der Waals surface area (Å²) in [5.41, 5.74) is 1.96. The van der Waals surface area contributed by atoms with Gasteiger partial charge in [0.1, 0.15) is 5.01 Å². The fourth-order valence-electron chi connectivity index (χ4n) is 4.46. The number of hydrogen-bond acceptors (Lipinski definition) is 3. The molecule has 1 heterocycles. The van der Waals surface area contributed by atoms with Crippen LogP contribution in [0.4, 0.5) is 0 Å². The maximum atomic E-state index is 5.10. The van der Waals surface area contributed by atoms with Crippen LogP contribution in [-0.2, 0) is 18.4 Å². The Hall–Kier alpha value is -0.410. The zero-order valence-electron chi connectivity index (χ0n) is 13.4. The lowest BCUT2D eigenvalue weighted by molar-refractivity contribution is 0.256. The molecule has 0 spiro atoms. The third-order valence-corrected chi connectivity index (χ3v) is 6.51. The third kappa shape index (κ3) is 2.33. The van der Waals surface area contributed by atoms with Crippen LogP contribution < -0.4 is 5.32 Å². The highest BCUT2D eigenvalue weighted by Gasteiger charge is 2.51. The van der Waals surface area contributed by atoms with E-state index in [0.717, 1.165) is 6.54 Å².